The van der Waals surface area contributed by atoms with E-state index in [0.29, 0.717) is 18.4 Å². The van der Waals surface area contributed by atoms with E-state index in [2.05, 4.69) is 30.5 Å². The van der Waals surface area contributed by atoms with E-state index in [1.807, 2.05) is 19.1 Å². The van der Waals surface area contributed by atoms with Crippen LogP contribution in [0.3, 0.4) is 0 Å². The quantitative estimate of drug-likeness (QED) is 0.865. The molecule has 3 rings (SSSR count). The molecule has 0 saturated heterocycles. The Bertz CT molecular complexity index is 633. The van der Waals surface area contributed by atoms with Gasteiger partial charge in [-0.15, -0.1) is 0 Å². The van der Waals surface area contributed by atoms with Gasteiger partial charge in [0.15, 0.2) is 0 Å². The Hall–Kier alpha value is -1.84. The first-order chi connectivity index (χ1) is 11.5. The number of para-hydroxylation sites is 1. The SMILES string of the molecule is Cc1cccc(C(C)C)c1NC(=O)C1CC1C(=O)NC1CCCC1. The maximum Gasteiger partial charge on any atom is 0.228 e. The van der Waals surface area contributed by atoms with E-state index in [1.165, 1.54) is 12.8 Å². The summed E-state index contributed by atoms with van der Waals surface area (Å²) in [5.41, 5.74) is 3.14. The van der Waals surface area contributed by atoms with Crippen molar-refractivity contribution in [2.75, 3.05) is 5.32 Å². The third-order valence-corrected chi connectivity index (χ3v) is 5.34. The Labute approximate surface area is 144 Å². The van der Waals surface area contributed by atoms with Crippen molar-refractivity contribution in [3.8, 4) is 0 Å². The predicted molar refractivity (Wildman–Crippen MR) is 95.9 cm³/mol. The van der Waals surface area contributed by atoms with E-state index in [0.717, 1.165) is 29.7 Å². The number of hydrogen-bond donors (Lipinski definition) is 2. The van der Waals surface area contributed by atoms with Crippen LogP contribution < -0.4 is 10.6 Å². The van der Waals surface area contributed by atoms with Crippen molar-refractivity contribution >= 4 is 17.5 Å². The van der Waals surface area contributed by atoms with E-state index in [1.54, 1.807) is 0 Å². The highest BCUT2D eigenvalue weighted by atomic mass is 16.2. The monoisotopic (exact) mass is 328 g/mol. The topological polar surface area (TPSA) is 58.2 Å². The number of benzene rings is 1. The standard InChI is InChI=1S/C20H28N2O2/c1-12(2)15-10-6-7-13(3)18(15)22-20(24)17-11-16(17)19(23)21-14-8-4-5-9-14/h6-7,10,12,14,16-17H,4-5,8-9,11H2,1-3H3,(H,21,23)(H,22,24). The minimum Gasteiger partial charge on any atom is -0.353 e. The third-order valence-electron chi connectivity index (χ3n) is 5.34. The van der Waals surface area contributed by atoms with Gasteiger partial charge < -0.3 is 10.6 Å². The van der Waals surface area contributed by atoms with Gasteiger partial charge in [-0.05, 0) is 43.2 Å². The Morgan fingerprint density at radius 2 is 1.75 bits per heavy atom. The molecule has 4 nitrogen and oxygen atoms in total. The fourth-order valence-corrected chi connectivity index (χ4v) is 3.71. The molecule has 1 aromatic carbocycles. The molecule has 2 saturated carbocycles. The Morgan fingerprint density at radius 1 is 1.08 bits per heavy atom. The molecule has 0 spiro atoms. The lowest BCUT2D eigenvalue weighted by atomic mass is 9.98. The highest BCUT2D eigenvalue weighted by Crippen LogP contribution is 2.40. The molecule has 2 aliphatic rings. The predicted octanol–water partition coefficient (Wildman–Crippen LogP) is 3.75. The van der Waals surface area contributed by atoms with E-state index in [-0.39, 0.29) is 23.7 Å². The second-order valence-electron chi connectivity index (χ2n) is 7.62. The van der Waals surface area contributed by atoms with Crippen LogP contribution in [0.1, 0.15) is 63.0 Å². The molecule has 2 amide bonds. The van der Waals surface area contributed by atoms with Crippen LogP contribution in [0.25, 0.3) is 0 Å². The summed E-state index contributed by atoms with van der Waals surface area (Å²) in [6.07, 6.45) is 5.23. The third kappa shape index (κ3) is 3.63. The average Bonchev–Trinajstić information content (AvgIpc) is 3.19. The van der Waals surface area contributed by atoms with E-state index >= 15 is 0 Å². The zero-order valence-electron chi connectivity index (χ0n) is 14.9. The first kappa shape index (κ1) is 17.0. The average molecular weight is 328 g/mol. The zero-order chi connectivity index (χ0) is 17.3. The molecule has 1 aromatic rings. The van der Waals surface area contributed by atoms with Gasteiger partial charge in [0.1, 0.15) is 0 Å². The molecule has 2 N–H and O–H groups in total. The molecular formula is C20H28N2O2. The number of carbonyl (C=O) groups is 2. The fraction of sp³-hybridized carbons (Fsp3) is 0.600. The van der Waals surface area contributed by atoms with Crippen LogP contribution >= 0.6 is 0 Å². The molecule has 0 radical (unpaired) electrons. The summed E-state index contributed by atoms with van der Waals surface area (Å²) in [7, 11) is 0. The van der Waals surface area contributed by atoms with E-state index < -0.39 is 0 Å². The van der Waals surface area contributed by atoms with Crippen molar-refractivity contribution in [1.82, 2.24) is 5.32 Å². The molecule has 0 bridgehead atoms. The van der Waals surface area contributed by atoms with Gasteiger partial charge in [-0.3, -0.25) is 9.59 Å². The molecule has 2 aliphatic carbocycles. The van der Waals surface area contributed by atoms with Crippen molar-refractivity contribution in [2.24, 2.45) is 11.8 Å². The van der Waals surface area contributed by atoms with Gasteiger partial charge in [-0.1, -0.05) is 44.9 Å². The summed E-state index contributed by atoms with van der Waals surface area (Å²) in [5.74, 6) is 0.0812. The van der Waals surface area contributed by atoms with E-state index in [9.17, 15) is 9.59 Å². The Kier molecular flexibility index (Phi) is 4.93. The molecule has 2 fully saturated rings. The van der Waals surface area contributed by atoms with Crippen molar-refractivity contribution in [1.29, 1.82) is 0 Å². The van der Waals surface area contributed by atoms with Crippen molar-refractivity contribution < 1.29 is 9.59 Å². The molecule has 130 valence electrons. The highest BCUT2D eigenvalue weighted by Gasteiger charge is 2.48. The van der Waals surface area contributed by atoms with Crippen LogP contribution in [-0.2, 0) is 9.59 Å². The summed E-state index contributed by atoms with van der Waals surface area (Å²) < 4.78 is 0. The lowest BCUT2D eigenvalue weighted by Crippen LogP contribution is -2.34. The molecule has 0 heterocycles. The van der Waals surface area contributed by atoms with Gasteiger partial charge in [0.05, 0.1) is 11.8 Å². The van der Waals surface area contributed by atoms with Gasteiger partial charge in [-0.25, -0.2) is 0 Å². The molecule has 4 heteroatoms. The number of nitrogens with one attached hydrogen (secondary N) is 2. The highest BCUT2D eigenvalue weighted by molar-refractivity contribution is 6.00. The summed E-state index contributed by atoms with van der Waals surface area (Å²) in [4.78, 5) is 24.8. The number of hydrogen-bond acceptors (Lipinski definition) is 2. The van der Waals surface area contributed by atoms with Gasteiger partial charge in [-0.2, -0.15) is 0 Å². The zero-order valence-corrected chi connectivity index (χ0v) is 14.9. The number of carbonyl (C=O) groups excluding carboxylic acids is 2. The fourth-order valence-electron chi connectivity index (χ4n) is 3.71. The molecular weight excluding hydrogens is 300 g/mol. The van der Waals surface area contributed by atoms with Crippen molar-refractivity contribution in [3.63, 3.8) is 0 Å². The second kappa shape index (κ2) is 6.96. The van der Waals surface area contributed by atoms with Crippen LogP contribution in [0.15, 0.2) is 18.2 Å². The van der Waals surface area contributed by atoms with Gasteiger partial charge in [0, 0.05) is 11.7 Å². The smallest absolute Gasteiger partial charge is 0.228 e. The molecule has 2 atom stereocenters. The number of amides is 2. The van der Waals surface area contributed by atoms with Crippen LogP contribution in [0.4, 0.5) is 5.69 Å². The largest absolute Gasteiger partial charge is 0.353 e. The normalized spacial score (nSPS) is 23.3. The number of aryl methyl sites for hydroxylation is 1. The first-order valence-corrected chi connectivity index (χ1v) is 9.18. The van der Waals surface area contributed by atoms with Crippen LogP contribution in [-0.4, -0.2) is 17.9 Å². The maximum atomic E-state index is 12.6. The Balaban J connectivity index is 1.60. The minimum absolute atomic E-state index is 0.0160. The van der Waals surface area contributed by atoms with Crippen molar-refractivity contribution in [3.05, 3.63) is 29.3 Å². The minimum atomic E-state index is -0.175. The van der Waals surface area contributed by atoms with E-state index in [4.69, 9.17) is 0 Å². The first-order valence-electron chi connectivity index (χ1n) is 9.18. The summed E-state index contributed by atoms with van der Waals surface area (Å²) in [6, 6.07) is 6.42. The summed E-state index contributed by atoms with van der Waals surface area (Å²) >= 11 is 0. The van der Waals surface area contributed by atoms with Crippen molar-refractivity contribution in [2.45, 2.75) is 64.8 Å². The lowest BCUT2D eigenvalue weighted by Gasteiger charge is -2.16. The van der Waals surface area contributed by atoms with Gasteiger partial charge >= 0.3 is 0 Å². The molecule has 2 unspecified atom stereocenters. The maximum absolute atomic E-state index is 12.6. The molecule has 0 aliphatic heterocycles. The summed E-state index contributed by atoms with van der Waals surface area (Å²) in [6.45, 7) is 6.26. The lowest BCUT2D eigenvalue weighted by molar-refractivity contribution is -0.125. The number of anilines is 1. The van der Waals surface area contributed by atoms with Crippen LogP contribution in [0.5, 0.6) is 0 Å². The second-order valence-corrected chi connectivity index (χ2v) is 7.62. The molecule has 0 aromatic heterocycles. The van der Waals surface area contributed by atoms with Gasteiger partial charge in [0.2, 0.25) is 11.8 Å². The van der Waals surface area contributed by atoms with Crippen LogP contribution in [0.2, 0.25) is 0 Å². The molecule has 24 heavy (non-hydrogen) atoms. The Morgan fingerprint density at radius 3 is 2.42 bits per heavy atom. The van der Waals surface area contributed by atoms with Gasteiger partial charge in [0.25, 0.3) is 0 Å². The van der Waals surface area contributed by atoms with Crippen LogP contribution in [0, 0.1) is 18.8 Å². The summed E-state index contributed by atoms with van der Waals surface area (Å²) in [5, 5.41) is 6.19. The number of rotatable bonds is 5.